The van der Waals surface area contributed by atoms with Crippen LogP contribution in [0.2, 0.25) is 0 Å². The lowest BCUT2D eigenvalue weighted by atomic mass is 9.95. The second kappa shape index (κ2) is 6.83. The first-order valence-corrected chi connectivity index (χ1v) is 7.48. The minimum atomic E-state index is -0.324. The van der Waals surface area contributed by atoms with Gasteiger partial charge in [0.15, 0.2) is 0 Å². The third kappa shape index (κ3) is 3.68. The van der Waals surface area contributed by atoms with E-state index in [9.17, 15) is 10.1 Å². The largest absolute Gasteiger partial charge is 0.313 e. The first-order valence-electron chi connectivity index (χ1n) is 6.68. The molecule has 2 rings (SSSR count). The number of nitro benzene ring substituents is 1. The normalized spacial score (nSPS) is 12.1. The maximum Gasteiger partial charge on any atom is 0.272 e. The van der Waals surface area contributed by atoms with Gasteiger partial charge in [-0.15, -0.1) is 0 Å². The predicted molar refractivity (Wildman–Crippen MR) is 87.5 cm³/mol. The number of aryl methyl sites for hydroxylation is 1. The average Bonchev–Trinajstić information content (AvgIpc) is 2.47. The molecule has 0 aliphatic carbocycles. The van der Waals surface area contributed by atoms with E-state index < -0.39 is 0 Å². The number of nitrogens with one attached hydrogen (secondary N) is 1. The van der Waals surface area contributed by atoms with E-state index in [1.54, 1.807) is 12.1 Å². The van der Waals surface area contributed by atoms with E-state index in [0.717, 1.165) is 21.2 Å². The molecule has 0 aromatic heterocycles. The van der Waals surface area contributed by atoms with Crippen molar-refractivity contribution in [1.82, 2.24) is 5.32 Å². The molecule has 0 aliphatic heterocycles. The van der Waals surface area contributed by atoms with E-state index >= 15 is 0 Å². The molecule has 1 N–H and O–H groups in total. The van der Waals surface area contributed by atoms with Crippen LogP contribution in [0.4, 0.5) is 5.69 Å². The fraction of sp³-hybridized carbons (Fsp3) is 0.250. The third-order valence-corrected chi connectivity index (χ3v) is 4.07. The fourth-order valence-electron chi connectivity index (χ4n) is 2.44. The molecule has 0 radical (unpaired) electrons. The van der Waals surface area contributed by atoms with E-state index in [2.05, 4.69) is 27.3 Å². The van der Waals surface area contributed by atoms with Crippen LogP contribution in [-0.2, 0) is 6.42 Å². The monoisotopic (exact) mass is 348 g/mol. The summed E-state index contributed by atoms with van der Waals surface area (Å²) in [6, 6.07) is 13.0. The van der Waals surface area contributed by atoms with Gasteiger partial charge >= 0.3 is 0 Å². The highest BCUT2D eigenvalue weighted by atomic mass is 79.9. The number of nitro groups is 1. The highest BCUT2D eigenvalue weighted by Gasteiger charge is 2.19. The van der Waals surface area contributed by atoms with Gasteiger partial charge in [0.1, 0.15) is 0 Å². The van der Waals surface area contributed by atoms with Crippen LogP contribution in [0.1, 0.15) is 22.7 Å². The van der Waals surface area contributed by atoms with Gasteiger partial charge in [-0.25, -0.2) is 0 Å². The van der Waals surface area contributed by atoms with Crippen molar-refractivity contribution in [2.45, 2.75) is 19.4 Å². The van der Waals surface area contributed by atoms with Crippen molar-refractivity contribution in [2.75, 3.05) is 7.05 Å². The molecule has 1 unspecified atom stereocenters. The third-order valence-electron chi connectivity index (χ3n) is 3.58. The van der Waals surface area contributed by atoms with Crippen LogP contribution in [0.5, 0.6) is 0 Å². The predicted octanol–water partition coefficient (Wildman–Crippen LogP) is 4.17. The molecular weight excluding hydrogens is 332 g/mol. The number of benzene rings is 2. The molecule has 21 heavy (non-hydrogen) atoms. The van der Waals surface area contributed by atoms with Crippen LogP contribution in [0, 0.1) is 17.0 Å². The Morgan fingerprint density at radius 3 is 2.67 bits per heavy atom. The molecule has 0 spiro atoms. The number of hydrogen-bond donors (Lipinski definition) is 1. The summed E-state index contributed by atoms with van der Waals surface area (Å²) < 4.78 is 1.01. The molecule has 2 aromatic rings. The van der Waals surface area contributed by atoms with Crippen molar-refractivity contribution in [1.29, 1.82) is 0 Å². The Labute approximate surface area is 132 Å². The summed E-state index contributed by atoms with van der Waals surface area (Å²) in [5.74, 6) is 0. The zero-order chi connectivity index (χ0) is 15.4. The van der Waals surface area contributed by atoms with E-state index in [1.165, 1.54) is 0 Å². The Bertz CT molecular complexity index is 658. The first kappa shape index (κ1) is 15.7. The van der Waals surface area contributed by atoms with Gasteiger partial charge in [0.05, 0.1) is 4.92 Å². The molecule has 4 nitrogen and oxygen atoms in total. The number of halogens is 1. The second-order valence-electron chi connectivity index (χ2n) is 4.93. The van der Waals surface area contributed by atoms with Gasteiger partial charge in [-0.1, -0.05) is 40.2 Å². The molecule has 2 aromatic carbocycles. The zero-order valence-electron chi connectivity index (χ0n) is 12.0. The average molecular weight is 349 g/mol. The van der Waals surface area contributed by atoms with Crippen LogP contribution < -0.4 is 5.32 Å². The van der Waals surface area contributed by atoms with Crippen molar-refractivity contribution < 1.29 is 4.92 Å². The van der Waals surface area contributed by atoms with Crippen molar-refractivity contribution >= 4 is 21.6 Å². The number of hydrogen-bond acceptors (Lipinski definition) is 3. The molecule has 110 valence electrons. The van der Waals surface area contributed by atoms with Gasteiger partial charge in [0.25, 0.3) is 5.69 Å². The Morgan fingerprint density at radius 1 is 1.29 bits per heavy atom. The highest BCUT2D eigenvalue weighted by Crippen LogP contribution is 2.28. The lowest BCUT2D eigenvalue weighted by Gasteiger charge is -2.19. The van der Waals surface area contributed by atoms with E-state index in [-0.39, 0.29) is 16.7 Å². The van der Waals surface area contributed by atoms with Crippen molar-refractivity contribution in [3.8, 4) is 0 Å². The standard InChI is InChI=1S/C16H17BrN2O2/c1-11-7-8-13(17)10-14(11)15(18-2)9-12-5-3-4-6-16(12)19(20)21/h3-8,10,15,18H,9H2,1-2H3. The first-order chi connectivity index (χ1) is 10.0. The van der Waals surface area contributed by atoms with Crippen LogP contribution >= 0.6 is 15.9 Å². The van der Waals surface area contributed by atoms with Gasteiger partial charge in [-0.05, 0) is 43.7 Å². The van der Waals surface area contributed by atoms with Gasteiger partial charge in [0.2, 0.25) is 0 Å². The number of para-hydroxylation sites is 1. The van der Waals surface area contributed by atoms with Gasteiger partial charge in [-0.3, -0.25) is 10.1 Å². The minimum Gasteiger partial charge on any atom is -0.313 e. The quantitative estimate of drug-likeness (QED) is 0.651. The molecule has 0 saturated heterocycles. The molecule has 0 amide bonds. The topological polar surface area (TPSA) is 55.2 Å². The lowest BCUT2D eigenvalue weighted by Crippen LogP contribution is -2.20. The van der Waals surface area contributed by atoms with Crippen LogP contribution in [0.15, 0.2) is 46.9 Å². The van der Waals surface area contributed by atoms with Crippen molar-refractivity contribution in [3.63, 3.8) is 0 Å². The Morgan fingerprint density at radius 2 is 2.00 bits per heavy atom. The molecule has 0 saturated carbocycles. The summed E-state index contributed by atoms with van der Waals surface area (Å²) in [6.07, 6.45) is 0.574. The molecule has 0 heterocycles. The summed E-state index contributed by atoms with van der Waals surface area (Å²) in [7, 11) is 1.87. The SMILES string of the molecule is CNC(Cc1ccccc1[N+](=O)[O-])c1cc(Br)ccc1C. The Kier molecular flexibility index (Phi) is 5.09. The maximum absolute atomic E-state index is 11.1. The second-order valence-corrected chi connectivity index (χ2v) is 5.85. The van der Waals surface area contributed by atoms with Crippen molar-refractivity contribution in [3.05, 3.63) is 73.7 Å². The lowest BCUT2D eigenvalue weighted by molar-refractivity contribution is -0.385. The van der Waals surface area contributed by atoms with Crippen LogP contribution in [0.25, 0.3) is 0 Å². The smallest absolute Gasteiger partial charge is 0.272 e. The Hall–Kier alpha value is -1.72. The highest BCUT2D eigenvalue weighted by molar-refractivity contribution is 9.10. The summed E-state index contributed by atoms with van der Waals surface area (Å²) >= 11 is 3.48. The van der Waals surface area contributed by atoms with Gasteiger partial charge in [0, 0.05) is 22.1 Å². The summed E-state index contributed by atoms with van der Waals surface area (Å²) in [4.78, 5) is 10.8. The number of likely N-dealkylation sites (N-methyl/N-ethyl adjacent to an activating group) is 1. The van der Waals surface area contributed by atoms with E-state index in [4.69, 9.17) is 0 Å². The molecule has 0 aliphatic rings. The minimum absolute atomic E-state index is 0.0311. The fourth-order valence-corrected chi connectivity index (χ4v) is 2.81. The number of rotatable bonds is 5. The van der Waals surface area contributed by atoms with Gasteiger partial charge < -0.3 is 5.32 Å². The molecule has 0 bridgehead atoms. The summed E-state index contributed by atoms with van der Waals surface area (Å²) in [6.45, 7) is 2.05. The molecule has 5 heteroatoms. The Balaban J connectivity index is 2.36. The van der Waals surface area contributed by atoms with Crippen LogP contribution in [-0.4, -0.2) is 12.0 Å². The zero-order valence-corrected chi connectivity index (χ0v) is 13.6. The maximum atomic E-state index is 11.1. The molecule has 1 atom stereocenters. The van der Waals surface area contributed by atoms with Gasteiger partial charge in [-0.2, -0.15) is 0 Å². The summed E-state index contributed by atoms with van der Waals surface area (Å²) in [5.41, 5.74) is 3.22. The van der Waals surface area contributed by atoms with Crippen LogP contribution in [0.3, 0.4) is 0 Å². The summed E-state index contributed by atoms with van der Waals surface area (Å²) in [5, 5.41) is 14.4. The van der Waals surface area contributed by atoms with E-state index in [0.29, 0.717) is 6.42 Å². The van der Waals surface area contributed by atoms with E-state index in [1.807, 2.05) is 38.2 Å². The van der Waals surface area contributed by atoms with Crippen molar-refractivity contribution in [2.24, 2.45) is 0 Å². The number of nitrogens with zero attached hydrogens (tertiary/aromatic N) is 1. The molecule has 0 fully saturated rings. The molecular formula is C16H17BrN2O2.